The first-order valence-electron chi connectivity index (χ1n) is 4.35. The van der Waals surface area contributed by atoms with Gasteiger partial charge in [0.25, 0.3) is 0 Å². The second kappa shape index (κ2) is 4.93. The molecule has 0 aliphatic heterocycles. The number of benzene rings is 2. The molecule has 1 radical (unpaired) electrons. The second-order valence-corrected chi connectivity index (χ2v) is 3.03. The van der Waals surface area contributed by atoms with Gasteiger partial charge in [0.05, 0.1) is 0 Å². The monoisotopic (exact) mass is 193 g/mol. The number of para-hydroxylation sites is 2. The van der Waals surface area contributed by atoms with Crippen molar-refractivity contribution in [3.63, 3.8) is 0 Å². The summed E-state index contributed by atoms with van der Waals surface area (Å²) < 4.78 is 0. The maximum atomic E-state index is 9.58. The van der Waals surface area contributed by atoms with Gasteiger partial charge in [-0.15, -0.1) is 0 Å². The van der Waals surface area contributed by atoms with Crippen LogP contribution in [0.2, 0.25) is 0 Å². The Balaban J connectivity index is 0.00000112. The first-order chi connectivity index (χ1) is 6.79. The zero-order valence-electron chi connectivity index (χ0n) is 8.51. The van der Waals surface area contributed by atoms with Crippen molar-refractivity contribution in [3.05, 3.63) is 48.5 Å². The molecule has 3 heteroatoms. The summed E-state index contributed by atoms with van der Waals surface area (Å²) in [6.07, 6.45) is 0. The third-order valence-electron chi connectivity index (χ3n) is 2.10. The molecule has 2 rings (SSSR count). The Kier molecular flexibility index (Phi) is 3.85. The minimum absolute atomic E-state index is 0. The molecule has 0 bridgehead atoms. The Bertz CT molecular complexity index is 411. The summed E-state index contributed by atoms with van der Waals surface area (Å²) in [5.74, 6) is 0.350. The van der Waals surface area contributed by atoms with Crippen LogP contribution in [-0.4, -0.2) is 29.1 Å². The summed E-state index contributed by atoms with van der Waals surface area (Å²) in [5.41, 5.74) is 1.29. The quantitative estimate of drug-likeness (QED) is 0.682. The van der Waals surface area contributed by atoms with Crippen LogP contribution in [0, 0.1) is 0 Å². The van der Waals surface area contributed by atoms with Gasteiger partial charge in [0.15, 0.2) is 0 Å². The van der Waals surface area contributed by atoms with E-state index in [-0.39, 0.29) is 30.4 Å². The van der Waals surface area contributed by atoms with Gasteiger partial charge in [0, 0.05) is 30.0 Å². The zero-order valence-corrected chi connectivity index (χ0v) is 8.51. The molecule has 0 aromatic heterocycles. The fraction of sp³-hybridized carbons (Fsp3) is 0. The molecule has 0 aliphatic carbocycles. The van der Waals surface area contributed by atoms with Crippen LogP contribution in [-0.2, 0) is 0 Å². The minimum atomic E-state index is 0. The Morgan fingerprint density at radius 2 is 0.933 bits per heavy atom. The summed E-state index contributed by atoms with van der Waals surface area (Å²) in [7, 11) is 0. The van der Waals surface area contributed by atoms with E-state index >= 15 is 0 Å². The number of hydrogen-bond acceptors (Lipinski definition) is 2. The predicted octanol–water partition coefficient (Wildman–Crippen LogP) is 2.38. The van der Waals surface area contributed by atoms with Gasteiger partial charge in [-0.1, -0.05) is 36.4 Å². The van der Waals surface area contributed by atoms with Crippen molar-refractivity contribution in [1.29, 1.82) is 0 Å². The zero-order chi connectivity index (χ0) is 9.97. The molecular weight excluding hydrogens is 183 g/mol. The van der Waals surface area contributed by atoms with Crippen molar-refractivity contribution < 1.29 is 10.2 Å². The first-order valence-corrected chi connectivity index (χ1v) is 4.35. The van der Waals surface area contributed by atoms with E-state index in [1.54, 1.807) is 36.4 Å². The van der Waals surface area contributed by atoms with E-state index in [2.05, 4.69) is 0 Å². The Morgan fingerprint density at radius 1 is 0.600 bits per heavy atom. The molecule has 2 N–H and O–H groups in total. The van der Waals surface area contributed by atoms with Crippen LogP contribution in [0.3, 0.4) is 0 Å². The van der Waals surface area contributed by atoms with E-state index in [1.165, 1.54) is 0 Å². The molecule has 0 saturated carbocycles. The van der Waals surface area contributed by atoms with E-state index < -0.39 is 0 Å². The molecular formula is C12H10LiO2. The summed E-state index contributed by atoms with van der Waals surface area (Å²) in [6, 6.07) is 13.9. The standard InChI is InChI=1S/C12H10O2.Li/c13-11-7-3-1-5-9(11)10-6-2-4-8-12(10)14;/h1-8,13-14H;. The van der Waals surface area contributed by atoms with Gasteiger partial charge in [-0.25, -0.2) is 0 Å². The van der Waals surface area contributed by atoms with E-state index in [0.29, 0.717) is 11.1 Å². The van der Waals surface area contributed by atoms with Gasteiger partial charge in [-0.3, -0.25) is 0 Å². The van der Waals surface area contributed by atoms with E-state index in [9.17, 15) is 10.2 Å². The maximum Gasteiger partial charge on any atom is 0.123 e. The first kappa shape index (κ1) is 11.7. The molecule has 0 atom stereocenters. The Hall–Kier alpha value is -1.36. The van der Waals surface area contributed by atoms with Gasteiger partial charge in [-0.05, 0) is 12.1 Å². The smallest absolute Gasteiger partial charge is 0.123 e. The average Bonchev–Trinajstić information content (AvgIpc) is 2.20. The van der Waals surface area contributed by atoms with Gasteiger partial charge < -0.3 is 10.2 Å². The van der Waals surface area contributed by atoms with Gasteiger partial charge in [0.2, 0.25) is 0 Å². The third kappa shape index (κ3) is 2.36. The van der Waals surface area contributed by atoms with Crippen LogP contribution in [0.4, 0.5) is 0 Å². The number of phenolic OH excluding ortho intramolecular Hbond substituents is 2. The molecule has 0 heterocycles. The summed E-state index contributed by atoms with van der Waals surface area (Å²) in [5, 5.41) is 19.2. The Morgan fingerprint density at radius 3 is 1.27 bits per heavy atom. The van der Waals surface area contributed by atoms with Gasteiger partial charge in [-0.2, -0.15) is 0 Å². The molecule has 0 spiro atoms. The van der Waals surface area contributed by atoms with Crippen molar-refractivity contribution >= 4 is 18.9 Å². The van der Waals surface area contributed by atoms with Crippen molar-refractivity contribution in [3.8, 4) is 22.6 Å². The van der Waals surface area contributed by atoms with Gasteiger partial charge >= 0.3 is 0 Å². The summed E-state index contributed by atoms with van der Waals surface area (Å²) >= 11 is 0. The van der Waals surface area contributed by atoms with Crippen molar-refractivity contribution in [2.24, 2.45) is 0 Å². The minimum Gasteiger partial charge on any atom is -0.507 e. The maximum absolute atomic E-state index is 9.58. The SMILES string of the molecule is Oc1ccccc1-c1ccccc1O.[Li]. The topological polar surface area (TPSA) is 40.5 Å². The second-order valence-electron chi connectivity index (χ2n) is 3.03. The number of phenols is 2. The summed E-state index contributed by atoms with van der Waals surface area (Å²) in [6.45, 7) is 0. The molecule has 2 aromatic rings. The molecule has 0 saturated heterocycles. The van der Waals surface area contributed by atoms with Crippen molar-refractivity contribution in [1.82, 2.24) is 0 Å². The van der Waals surface area contributed by atoms with Crippen LogP contribution >= 0.6 is 0 Å². The van der Waals surface area contributed by atoms with Crippen LogP contribution in [0.25, 0.3) is 11.1 Å². The fourth-order valence-electron chi connectivity index (χ4n) is 1.40. The number of rotatable bonds is 1. The van der Waals surface area contributed by atoms with Crippen molar-refractivity contribution in [2.75, 3.05) is 0 Å². The largest absolute Gasteiger partial charge is 0.507 e. The molecule has 0 fully saturated rings. The number of hydrogen-bond donors (Lipinski definition) is 2. The van der Waals surface area contributed by atoms with Gasteiger partial charge in [0.1, 0.15) is 11.5 Å². The molecule has 15 heavy (non-hydrogen) atoms. The predicted molar refractivity (Wildman–Crippen MR) is 61.0 cm³/mol. The van der Waals surface area contributed by atoms with Crippen LogP contribution in [0.1, 0.15) is 0 Å². The Labute approximate surface area is 100 Å². The molecule has 0 amide bonds. The fourth-order valence-corrected chi connectivity index (χ4v) is 1.40. The third-order valence-corrected chi connectivity index (χ3v) is 2.10. The molecule has 0 unspecified atom stereocenters. The van der Waals surface area contributed by atoms with Crippen LogP contribution in [0.15, 0.2) is 48.5 Å². The molecule has 2 aromatic carbocycles. The van der Waals surface area contributed by atoms with E-state index in [4.69, 9.17) is 0 Å². The number of aromatic hydroxyl groups is 2. The molecule has 71 valence electrons. The van der Waals surface area contributed by atoms with Crippen LogP contribution in [0.5, 0.6) is 11.5 Å². The van der Waals surface area contributed by atoms with Crippen molar-refractivity contribution in [2.45, 2.75) is 0 Å². The average molecular weight is 193 g/mol. The van der Waals surface area contributed by atoms with E-state index in [1.807, 2.05) is 12.1 Å². The molecule has 2 nitrogen and oxygen atoms in total. The van der Waals surface area contributed by atoms with E-state index in [0.717, 1.165) is 0 Å². The summed E-state index contributed by atoms with van der Waals surface area (Å²) in [4.78, 5) is 0. The normalized spacial score (nSPS) is 9.33. The molecule has 0 aliphatic rings. The van der Waals surface area contributed by atoms with Crippen LogP contribution < -0.4 is 0 Å².